The van der Waals surface area contributed by atoms with E-state index in [1.807, 2.05) is 6.07 Å². The van der Waals surface area contributed by atoms with E-state index in [0.717, 1.165) is 31.2 Å². The number of carbonyl (C=O) groups is 3. The lowest BCUT2D eigenvalue weighted by Crippen LogP contribution is -2.18. The SMILES string of the molecule is CC(=O)/C=C/c1c(C)cccc1OC(F)F.CC=O.CCCCCC.N#CCCC1CCNC1=O. The van der Waals surface area contributed by atoms with E-state index in [0.29, 0.717) is 12.0 Å². The maximum Gasteiger partial charge on any atom is 0.387 e. The summed E-state index contributed by atoms with van der Waals surface area (Å²) >= 11 is 0. The van der Waals surface area contributed by atoms with Crippen LogP contribution in [0.4, 0.5) is 8.78 Å². The largest absolute Gasteiger partial charge is 0.434 e. The third-order valence-electron chi connectivity index (χ3n) is 4.71. The van der Waals surface area contributed by atoms with E-state index in [2.05, 4.69) is 23.9 Å². The number of allylic oxidation sites excluding steroid dienone is 1. The number of aldehydes is 1. The normalized spacial score (nSPS) is 13.8. The van der Waals surface area contributed by atoms with E-state index in [1.165, 1.54) is 57.7 Å². The van der Waals surface area contributed by atoms with E-state index in [4.69, 9.17) is 10.1 Å². The van der Waals surface area contributed by atoms with Gasteiger partial charge in [-0.2, -0.15) is 14.0 Å². The summed E-state index contributed by atoms with van der Waals surface area (Å²) in [4.78, 5) is 30.5. The van der Waals surface area contributed by atoms with Gasteiger partial charge < -0.3 is 14.8 Å². The van der Waals surface area contributed by atoms with Gasteiger partial charge in [-0.25, -0.2) is 0 Å². The van der Waals surface area contributed by atoms with Gasteiger partial charge in [-0.15, -0.1) is 0 Å². The third-order valence-corrected chi connectivity index (χ3v) is 4.71. The molecular formula is C27H40F2N2O4. The van der Waals surface area contributed by atoms with Gasteiger partial charge in [-0.3, -0.25) is 9.59 Å². The summed E-state index contributed by atoms with van der Waals surface area (Å²) < 4.78 is 28.6. The quantitative estimate of drug-likeness (QED) is 0.243. The molecule has 1 fully saturated rings. The zero-order chi connectivity index (χ0) is 27.1. The van der Waals surface area contributed by atoms with E-state index in [-0.39, 0.29) is 23.4 Å². The van der Waals surface area contributed by atoms with Crippen LogP contribution < -0.4 is 10.1 Å². The average Bonchev–Trinajstić information content (AvgIpc) is 3.21. The molecule has 1 amide bonds. The summed E-state index contributed by atoms with van der Waals surface area (Å²) in [5, 5.41) is 11.0. The Bertz CT molecular complexity index is 801. The van der Waals surface area contributed by atoms with Crippen LogP contribution >= 0.6 is 0 Å². The number of rotatable bonds is 9. The fourth-order valence-corrected chi connectivity index (χ4v) is 2.93. The summed E-state index contributed by atoms with van der Waals surface area (Å²) in [6.07, 6.45) is 11.2. The van der Waals surface area contributed by atoms with E-state index in [1.54, 1.807) is 19.1 Å². The Morgan fingerprint density at radius 1 is 1.29 bits per heavy atom. The molecule has 1 atom stereocenters. The lowest BCUT2D eigenvalue weighted by Gasteiger charge is -2.09. The molecule has 1 aromatic carbocycles. The molecule has 35 heavy (non-hydrogen) atoms. The number of benzene rings is 1. The van der Waals surface area contributed by atoms with Gasteiger partial charge >= 0.3 is 6.61 Å². The number of hydrogen-bond donors (Lipinski definition) is 1. The van der Waals surface area contributed by atoms with Crippen LogP contribution in [0.1, 0.15) is 83.8 Å². The van der Waals surface area contributed by atoms with Crippen LogP contribution in [-0.4, -0.2) is 31.1 Å². The number of alkyl halides is 2. The van der Waals surface area contributed by atoms with Crippen molar-refractivity contribution < 1.29 is 27.9 Å². The molecule has 0 bridgehead atoms. The summed E-state index contributed by atoms with van der Waals surface area (Å²) in [5.74, 6) is 0.161. The van der Waals surface area contributed by atoms with Crippen molar-refractivity contribution in [3.63, 3.8) is 0 Å². The fourth-order valence-electron chi connectivity index (χ4n) is 2.93. The first-order valence-corrected chi connectivity index (χ1v) is 12.0. The molecule has 1 aliphatic rings. The van der Waals surface area contributed by atoms with Crippen LogP contribution in [0.15, 0.2) is 24.3 Å². The highest BCUT2D eigenvalue weighted by Crippen LogP contribution is 2.25. The first kappa shape index (κ1) is 34.1. The summed E-state index contributed by atoms with van der Waals surface area (Å²) in [5.41, 5.74) is 1.27. The van der Waals surface area contributed by atoms with Crippen molar-refractivity contribution >= 4 is 24.1 Å². The van der Waals surface area contributed by atoms with Crippen LogP contribution in [0, 0.1) is 24.2 Å². The molecule has 2 rings (SSSR count). The van der Waals surface area contributed by atoms with Crippen LogP contribution in [0.25, 0.3) is 6.08 Å². The monoisotopic (exact) mass is 494 g/mol. The molecule has 6 nitrogen and oxygen atoms in total. The number of nitrogens with zero attached hydrogens (tertiary/aromatic N) is 1. The summed E-state index contributed by atoms with van der Waals surface area (Å²) in [7, 11) is 0. The highest BCUT2D eigenvalue weighted by Gasteiger charge is 2.22. The Hall–Kier alpha value is -3.08. The van der Waals surface area contributed by atoms with Crippen molar-refractivity contribution in [2.45, 2.75) is 86.2 Å². The minimum atomic E-state index is -2.87. The van der Waals surface area contributed by atoms with Crippen LogP contribution in [-0.2, 0) is 14.4 Å². The molecule has 1 N–H and O–H groups in total. The predicted molar refractivity (Wildman–Crippen MR) is 135 cm³/mol. The second-order valence-corrected chi connectivity index (χ2v) is 7.73. The molecule has 0 spiro atoms. The molecule has 1 aromatic rings. The standard InChI is InChI=1S/C12H12F2O2.C7H10N2O.C6H14.C2H4O/c1-8-4-3-5-11(16-12(13)14)10(8)7-6-9(2)15;8-4-1-2-6-3-5-9-7(6)10;1-3-5-6-4-2;1-2-3/h3-7,12H,1-2H3;6H,1-3,5H2,(H,9,10);3-6H2,1-2H3;2H,1H3/b7-6+;;;. The zero-order valence-electron chi connectivity index (χ0n) is 21.6. The van der Waals surface area contributed by atoms with Crippen LogP contribution in [0.2, 0.25) is 0 Å². The maximum absolute atomic E-state index is 12.1. The highest BCUT2D eigenvalue weighted by molar-refractivity contribution is 5.92. The molecule has 8 heteroatoms. The van der Waals surface area contributed by atoms with Gasteiger partial charge in [0.2, 0.25) is 5.91 Å². The van der Waals surface area contributed by atoms with Crippen molar-refractivity contribution in [3.05, 3.63) is 35.4 Å². The molecule has 1 heterocycles. The molecule has 0 aliphatic carbocycles. The van der Waals surface area contributed by atoms with E-state index >= 15 is 0 Å². The molecule has 196 valence electrons. The molecule has 0 saturated carbocycles. The van der Waals surface area contributed by atoms with Crippen molar-refractivity contribution in [1.29, 1.82) is 5.26 Å². The zero-order valence-corrected chi connectivity index (χ0v) is 21.6. The van der Waals surface area contributed by atoms with Gasteiger partial charge in [0, 0.05) is 24.4 Å². The number of aryl methyl sites for hydroxylation is 1. The van der Waals surface area contributed by atoms with Gasteiger partial charge in [0.05, 0.1) is 6.07 Å². The van der Waals surface area contributed by atoms with Crippen LogP contribution in [0.5, 0.6) is 5.75 Å². The number of hydrogen-bond acceptors (Lipinski definition) is 5. The molecule has 1 aliphatic heterocycles. The first-order valence-electron chi connectivity index (χ1n) is 12.0. The average molecular weight is 495 g/mol. The number of nitrogens with one attached hydrogen (secondary N) is 1. The van der Waals surface area contributed by atoms with Crippen molar-refractivity contribution in [2.24, 2.45) is 5.92 Å². The first-order chi connectivity index (χ1) is 16.7. The van der Waals surface area contributed by atoms with Crippen molar-refractivity contribution in [3.8, 4) is 11.8 Å². The Morgan fingerprint density at radius 2 is 1.89 bits per heavy atom. The maximum atomic E-state index is 12.1. The third kappa shape index (κ3) is 19.0. The lowest BCUT2D eigenvalue weighted by molar-refractivity contribution is -0.122. The van der Waals surface area contributed by atoms with Crippen molar-refractivity contribution in [1.82, 2.24) is 5.32 Å². The molecule has 1 saturated heterocycles. The van der Waals surface area contributed by atoms with Crippen molar-refractivity contribution in [2.75, 3.05) is 6.54 Å². The van der Waals surface area contributed by atoms with Crippen LogP contribution in [0.3, 0.4) is 0 Å². The topological polar surface area (TPSA) is 96.3 Å². The van der Waals surface area contributed by atoms with E-state index < -0.39 is 6.61 Å². The fraction of sp³-hybridized carbons (Fsp3) is 0.556. The number of amides is 1. The number of halogens is 2. The summed E-state index contributed by atoms with van der Waals surface area (Å²) in [6, 6.07) is 6.86. The Labute approximate surface area is 208 Å². The Balaban J connectivity index is 0. The molecule has 0 aromatic heterocycles. The Kier molecular flexibility index (Phi) is 22.1. The highest BCUT2D eigenvalue weighted by atomic mass is 19.3. The number of unbranched alkanes of at least 4 members (excludes halogenated alkanes) is 3. The van der Waals surface area contributed by atoms with E-state index in [9.17, 15) is 18.4 Å². The van der Waals surface area contributed by atoms with Gasteiger partial charge in [0.15, 0.2) is 5.78 Å². The summed E-state index contributed by atoms with van der Waals surface area (Å²) in [6.45, 7) is 6.98. The molecular weight excluding hydrogens is 454 g/mol. The van der Waals surface area contributed by atoms with Gasteiger partial charge in [-0.05, 0) is 57.4 Å². The minimum absolute atomic E-state index is 0.0764. The second kappa shape index (κ2) is 22.7. The predicted octanol–water partition coefficient (Wildman–Crippen LogP) is 6.42. The minimum Gasteiger partial charge on any atom is -0.434 e. The van der Waals surface area contributed by atoms with Gasteiger partial charge in [0.1, 0.15) is 12.0 Å². The van der Waals surface area contributed by atoms with Gasteiger partial charge in [0.25, 0.3) is 0 Å². The number of ether oxygens (including phenoxy) is 1. The smallest absolute Gasteiger partial charge is 0.387 e. The molecule has 1 unspecified atom stereocenters. The van der Waals surface area contributed by atoms with Gasteiger partial charge in [-0.1, -0.05) is 51.7 Å². The number of nitriles is 1. The molecule has 0 radical (unpaired) electrons. The number of ketones is 1. The second-order valence-electron chi connectivity index (χ2n) is 7.73. The lowest BCUT2D eigenvalue weighted by atomic mass is 10.0. The Morgan fingerprint density at radius 3 is 2.31 bits per heavy atom. The number of carbonyl (C=O) groups excluding carboxylic acids is 3.